The second kappa shape index (κ2) is 11.4. The van der Waals surface area contributed by atoms with Crippen molar-refractivity contribution in [2.24, 2.45) is 11.8 Å². The molecule has 8 nitrogen and oxygen atoms in total. The first kappa shape index (κ1) is 25.5. The van der Waals surface area contributed by atoms with E-state index in [1.807, 2.05) is 6.92 Å². The van der Waals surface area contributed by atoms with Crippen molar-refractivity contribution in [1.29, 1.82) is 0 Å². The predicted octanol–water partition coefficient (Wildman–Crippen LogP) is 3.66. The fraction of sp³-hybridized carbons (Fsp3) is 0.577. The summed E-state index contributed by atoms with van der Waals surface area (Å²) in [6, 6.07) is 3.23. The number of benzene rings is 1. The molecule has 1 saturated heterocycles. The molecule has 9 heteroatoms. The number of fused-ring (bicyclic) bond motifs is 1. The van der Waals surface area contributed by atoms with Crippen LogP contribution in [0.1, 0.15) is 49.7 Å². The highest BCUT2D eigenvalue weighted by Crippen LogP contribution is 2.32. The second-order valence-electron chi connectivity index (χ2n) is 9.61. The predicted molar refractivity (Wildman–Crippen MR) is 133 cm³/mol. The summed E-state index contributed by atoms with van der Waals surface area (Å²) in [5.74, 6) is 0.527. The number of rotatable bonds is 8. The van der Waals surface area contributed by atoms with E-state index in [4.69, 9.17) is 25.5 Å². The van der Waals surface area contributed by atoms with Gasteiger partial charge >= 0.3 is 5.63 Å². The lowest BCUT2D eigenvalue weighted by Crippen LogP contribution is -2.39. The number of carbonyl (C=O) groups excluding carboxylic acids is 2. The number of halogens is 1. The summed E-state index contributed by atoms with van der Waals surface area (Å²) >= 11 is 6.33. The van der Waals surface area contributed by atoms with Crippen LogP contribution >= 0.6 is 11.6 Å². The van der Waals surface area contributed by atoms with Crippen molar-refractivity contribution in [3.8, 4) is 5.75 Å². The number of amides is 2. The second-order valence-corrected chi connectivity index (χ2v) is 10.0. The maximum absolute atomic E-state index is 12.4. The molecule has 0 radical (unpaired) electrons. The lowest BCUT2D eigenvalue weighted by Gasteiger charge is -2.28. The van der Waals surface area contributed by atoms with Gasteiger partial charge in [-0.15, -0.1) is 0 Å². The van der Waals surface area contributed by atoms with Gasteiger partial charge in [-0.25, -0.2) is 4.79 Å². The van der Waals surface area contributed by atoms with Crippen LogP contribution in [0.4, 0.5) is 0 Å². The number of hydrogen-bond donors (Lipinski definition) is 2. The Labute approximate surface area is 209 Å². The van der Waals surface area contributed by atoms with Gasteiger partial charge in [0.1, 0.15) is 11.3 Å². The minimum atomic E-state index is -0.406. The van der Waals surface area contributed by atoms with Crippen molar-refractivity contribution in [2.75, 3.05) is 26.3 Å². The number of carbonyl (C=O) groups is 2. The third-order valence-electron chi connectivity index (χ3n) is 7.20. The average Bonchev–Trinajstić information content (AvgIpc) is 3.38. The van der Waals surface area contributed by atoms with Crippen LogP contribution < -0.4 is 21.0 Å². The Balaban J connectivity index is 1.20. The Bertz CT molecular complexity index is 1130. The van der Waals surface area contributed by atoms with Gasteiger partial charge in [0.15, 0.2) is 6.61 Å². The van der Waals surface area contributed by atoms with Crippen molar-refractivity contribution in [3.63, 3.8) is 0 Å². The van der Waals surface area contributed by atoms with Crippen molar-refractivity contribution < 1.29 is 23.5 Å². The molecule has 1 aromatic carbocycles. The van der Waals surface area contributed by atoms with Gasteiger partial charge in [-0.2, -0.15) is 0 Å². The van der Waals surface area contributed by atoms with Gasteiger partial charge in [0.05, 0.1) is 11.1 Å². The largest absolute Gasteiger partial charge is 0.482 e. The molecule has 35 heavy (non-hydrogen) atoms. The molecule has 2 amide bonds. The molecule has 2 aromatic rings. The summed E-state index contributed by atoms with van der Waals surface area (Å²) in [4.78, 5) is 36.7. The third kappa shape index (κ3) is 6.35. The highest BCUT2D eigenvalue weighted by atomic mass is 35.5. The number of aryl methyl sites for hydroxylation is 1. The molecule has 4 rings (SSSR count). The summed E-state index contributed by atoms with van der Waals surface area (Å²) in [6.07, 6.45) is 5.68. The number of hydrogen-bond acceptors (Lipinski definition) is 6. The number of ether oxygens (including phenoxy) is 2. The van der Waals surface area contributed by atoms with Gasteiger partial charge in [-0.3, -0.25) is 9.59 Å². The summed E-state index contributed by atoms with van der Waals surface area (Å²) in [7, 11) is 0. The molecule has 190 valence electrons. The smallest absolute Gasteiger partial charge is 0.339 e. The van der Waals surface area contributed by atoms with Gasteiger partial charge in [0.2, 0.25) is 5.91 Å². The summed E-state index contributed by atoms with van der Waals surface area (Å²) in [5, 5.41) is 7.03. The van der Waals surface area contributed by atoms with E-state index < -0.39 is 5.63 Å². The molecular weight excluding hydrogens is 472 g/mol. The van der Waals surface area contributed by atoms with Crippen molar-refractivity contribution in [2.45, 2.75) is 58.5 Å². The van der Waals surface area contributed by atoms with Crippen molar-refractivity contribution >= 4 is 34.4 Å². The molecule has 2 fully saturated rings. The SMILES string of the molecule is Cc1c(C)c2cc(Cl)c(OCC(=O)NCC3CCC(C(=O)NC[C@@H]4CCCO4)CC3)cc2oc1=O. The Morgan fingerprint density at radius 3 is 2.54 bits per heavy atom. The van der Waals surface area contributed by atoms with E-state index >= 15 is 0 Å². The molecule has 2 aliphatic rings. The van der Waals surface area contributed by atoms with Gasteiger partial charge in [0.25, 0.3) is 5.91 Å². The molecule has 2 heterocycles. The maximum atomic E-state index is 12.4. The molecule has 1 aliphatic heterocycles. The van der Waals surface area contributed by atoms with Crippen LogP contribution in [0.25, 0.3) is 11.0 Å². The normalized spacial score (nSPS) is 22.2. The summed E-state index contributed by atoms with van der Waals surface area (Å²) in [6.45, 7) is 5.28. The fourth-order valence-corrected chi connectivity index (χ4v) is 5.02. The van der Waals surface area contributed by atoms with Crippen LogP contribution in [-0.4, -0.2) is 44.2 Å². The van der Waals surface area contributed by atoms with Crippen molar-refractivity contribution in [3.05, 3.63) is 38.7 Å². The highest BCUT2D eigenvalue weighted by Gasteiger charge is 2.27. The molecule has 0 spiro atoms. The standard InChI is InChI=1S/C26H33ClN2O6/c1-15-16(2)26(32)35-22-11-23(21(27)10-20(15)22)34-14-24(30)28-12-17-5-7-18(8-6-17)25(31)29-13-19-4-3-9-33-19/h10-11,17-19H,3-9,12-14H2,1-2H3,(H,28,30)(H,29,31)/t17?,18?,19-/m0/s1. The van der Waals surface area contributed by atoms with E-state index in [-0.39, 0.29) is 36.2 Å². The summed E-state index contributed by atoms with van der Waals surface area (Å²) in [5.41, 5.74) is 1.30. The lowest BCUT2D eigenvalue weighted by atomic mass is 9.81. The third-order valence-corrected chi connectivity index (χ3v) is 7.50. The first-order valence-corrected chi connectivity index (χ1v) is 12.7. The Kier molecular flexibility index (Phi) is 8.34. The van der Waals surface area contributed by atoms with Gasteiger partial charge in [-0.05, 0) is 69.9 Å². The monoisotopic (exact) mass is 504 g/mol. The van der Waals surface area contributed by atoms with Crippen LogP contribution in [0.15, 0.2) is 21.3 Å². The van der Waals surface area contributed by atoms with E-state index in [9.17, 15) is 14.4 Å². The van der Waals surface area contributed by atoms with Crippen LogP contribution in [0.3, 0.4) is 0 Å². The molecule has 0 bridgehead atoms. The highest BCUT2D eigenvalue weighted by molar-refractivity contribution is 6.32. The van der Waals surface area contributed by atoms with Crippen LogP contribution in [0.5, 0.6) is 5.75 Å². The topological polar surface area (TPSA) is 107 Å². The van der Waals surface area contributed by atoms with E-state index in [0.717, 1.165) is 56.1 Å². The minimum Gasteiger partial charge on any atom is -0.482 e. The molecule has 1 aromatic heterocycles. The van der Waals surface area contributed by atoms with Crippen molar-refractivity contribution in [1.82, 2.24) is 10.6 Å². The van der Waals surface area contributed by atoms with Gasteiger partial charge in [0, 0.05) is 42.6 Å². The van der Waals surface area contributed by atoms with Crippen LogP contribution in [0, 0.1) is 25.7 Å². The molecule has 1 saturated carbocycles. The first-order chi connectivity index (χ1) is 16.8. The van der Waals surface area contributed by atoms with E-state index in [1.165, 1.54) is 0 Å². The first-order valence-electron chi connectivity index (χ1n) is 12.3. The maximum Gasteiger partial charge on any atom is 0.339 e. The zero-order valence-corrected chi connectivity index (χ0v) is 21.0. The van der Waals surface area contributed by atoms with E-state index in [0.29, 0.717) is 35.2 Å². The zero-order chi connectivity index (χ0) is 24.9. The van der Waals surface area contributed by atoms with Crippen LogP contribution in [-0.2, 0) is 14.3 Å². The zero-order valence-electron chi connectivity index (χ0n) is 20.3. The van der Waals surface area contributed by atoms with Crippen LogP contribution in [0.2, 0.25) is 5.02 Å². The van der Waals surface area contributed by atoms with Gasteiger partial charge < -0.3 is 24.5 Å². The lowest BCUT2D eigenvalue weighted by molar-refractivity contribution is -0.127. The molecule has 0 unspecified atom stereocenters. The fourth-order valence-electron chi connectivity index (χ4n) is 4.80. The molecule has 1 aliphatic carbocycles. The van der Waals surface area contributed by atoms with E-state index in [1.54, 1.807) is 19.1 Å². The number of nitrogens with one attached hydrogen (secondary N) is 2. The molecule has 2 N–H and O–H groups in total. The molecule has 1 atom stereocenters. The molecular formula is C26H33ClN2O6. The Morgan fingerprint density at radius 2 is 1.83 bits per heavy atom. The van der Waals surface area contributed by atoms with E-state index in [2.05, 4.69) is 10.6 Å². The summed E-state index contributed by atoms with van der Waals surface area (Å²) < 4.78 is 16.5. The Morgan fingerprint density at radius 1 is 1.06 bits per heavy atom. The average molecular weight is 505 g/mol. The Hall–Kier alpha value is -2.58. The quantitative estimate of drug-likeness (QED) is 0.531. The minimum absolute atomic E-state index is 0.0363. The van der Waals surface area contributed by atoms with Gasteiger partial charge in [-0.1, -0.05) is 11.6 Å².